The number of para-hydroxylation sites is 1. The van der Waals surface area contributed by atoms with Gasteiger partial charge in [-0.1, -0.05) is 23.4 Å². The molecule has 2 aromatic carbocycles. The van der Waals surface area contributed by atoms with Gasteiger partial charge in [-0.25, -0.2) is 9.97 Å². The molecule has 2 heterocycles. The van der Waals surface area contributed by atoms with E-state index in [2.05, 4.69) is 10.5 Å². The van der Waals surface area contributed by atoms with Gasteiger partial charge in [0, 0.05) is 17.1 Å². The first-order valence-corrected chi connectivity index (χ1v) is 8.79. The van der Waals surface area contributed by atoms with Crippen molar-refractivity contribution in [3.05, 3.63) is 53.9 Å². The molecule has 0 aliphatic heterocycles. The largest absolute Gasteiger partial charge is 0.493 e. The van der Waals surface area contributed by atoms with E-state index in [0.29, 0.717) is 28.9 Å². The van der Waals surface area contributed by atoms with Gasteiger partial charge in [0.1, 0.15) is 11.6 Å². The fraction of sp³-hybridized carbons (Fsp3) is 0.190. The van der Waals surface area contributed by atoms with Crippen molar-refractivity contribution >= 4 is 22.4 Å². The summed E-state index contributed by atoms with van der Waals surface area (Å²) < 4.78 is 16.2. The molecule has 1 N–H and O–H groups in total. The molecule has 142 valence electrons. The van der Waals surface area contributed by atoms with Gasteiger partial charge in [-0.3, -0.25) is 0 Å². The van der Waals surface area contributed by atoms with Gasteiger partial charge in [-0.15, -0.1) is 0 Å². The number of fused-ring (bicyclic) bond motifs is 1. The Balaban J connectivity index is 1.97. The maximum Gasteiger partial charge on any atom is 0.167 e. The van der Waals surface area contributed by atoms with Gasteiger partial charge in [0.25, 0.3) is 0 Å². The van der Waals surface area contributed by atoms with Crippen LogP contribution in [0.1, 0.15) is 11.5 Å². The minimum Gasteiger partial charge on any atom is -0.493 e. The molecular formula is C21H20N4O3. The van der Waals surface area contributed by atoms with Gasteiger partial charge in [0.2, 0.25) is 0 Å². The lowest BCUT2D eigenvalue weighted by molar-refractivity contribution is 0.356. The first kappa shape index (κ1) is 17.8. The standard InChI is InChI=1S/C21H20N4O3/c1-12-19(13(2)28-25-12)21-23-16-11-18(27-4)17(26-3)10-15(16)20(24-21)22-14-8-6-5-7-9-14/h5-11H,1-4H3,(H,22,23,24). The Morgan fingerprint density at radius 2 is 1.64 bits per heavy atom. The van der Waals surface area contributed by atoms with E-state index in [0.717, 1.165) is 27.8 Å². The van der Waals surface area contributed by atoms with Crippen molar-refractivity contribution in [2.45, 2.75) is 13.8 Å². The molecule has 7 heteroatoms. The molecule has 0 radical (unpaired) electrons. The highest BCUT2D eigenvalue weighted by Gasteiger charge is 2.19. The second kappa shape index (κ2) is 7.19. The summed E-state index contributed by atoms with van der Waals surface area (Å²) >= 11 is 0. The van der Waals surface area contributed by atoms with E-state index in [1.807, 2.05) is 56.3 Å². The fourth-order valence-electron chi connectivity index (χ4n) is 3.12. The zero-order valence-electron chi connectivity index (χ0n) is 16.1. The number of methoxy groups -OCH3 is 2. The number of hydrogen-bond donors (Lipinski definition) is 1. The van der Waals surface area contributed by atoms with Gasteiger partial charge in [0.15, 0.2) is 17.3 Å². The van der Waals surface area contributed by atoms with E-state index in [1.165, 1.54) is 0 Å². The number of ether oxygens (including phenoxy) is 2. The molecule has 4 aromatic rings. The molecule has 0 spiro atoms. The first-order valence-electron chi connectivity index (χ1n) is 8.79. The van der Waals surface area contributed by atoms with Crippen LogP contribution in [0.4, 0.5) is 11.5 Å². The second-order valence-electron chi connectivity index (χ2n) is 6.31. The number of anilines is 2. The van der Waals surface area contributed by atoms with Crippen molar-refractivity contribution < 1.29 is 14.0 Å². The molecule has 0 bridgehead atoms. The molecule has 0 saturated heterocycles. The molecule has 2 aromatic heterocycles. The molecule has 0 atom stereocenters. The van der Waals surface area contributed by atoms with Crippen molar-refractivity contribution in [2.24, 2.45) is 0 Å². The third-order valence-electron chi connectivity index (χ3n) is 4.49. The van der Waals surface area contributed by atoms with E-state index in [-0.39, 0.29) is 0 Å². The summed E-state index contributed by atoms with van der Waals surface area (Å²) in [6.45, 7) is 3.72. The van der Waals surface area contributed by atoms with E-state index in [4.69, 9.17) is 24.0 Å². The Bertz CT molecular complexity index is 1120. The average Bonchev–Trinajstić information content (AvgIpc) is 3.05. The third kappa shape index (κ3) is 3.11. The normalized spacial score (nSPS) is 10.9. The van der Waals surface area contributed by atoms with Crippen molar-refractivity contribution in [2.75, 3.05) is 19.5 Å². The van der Waals surface area contributed by atoms with Crippen LogP contribution in [-0.2, 0) is 0 Å². The fourth-order valence-corrected chi connectivity index (χ4v) is 3.12. The van der Waals surface area contributed by atoms with Crippen molar-refractivity contribution in [1.82, 2.24) is 15.1 Å². The van der Waals surface area contributed by atoms with Gasteiger partial charge in [-0.2, -0.15) is 0 Å². The number of hydrogen-bond acceptors (Lipinski definition) is 7. The topological polar surface area (TPSA) is 82.3 Å². The van der Waals surface area contributed by atoms with Gasteiger partial charge in [0.05, 0.1) is 31.0 Å². The maximum atomic E-state index is 5.46. The summed E-state index contributed by atoms with van der Waals surface area (Å²) in [6, 6.07) is 13.6. The molecule has 0 amide bonds. The number of benzene rings is 2. The van der Waals surface area contributed by atoms with Crippen LogP contribution in [0.3, 0.4) is 0 Å². The predicted octanol–water partition coefficient (Wildman–Crippen LogP) is 4.66. The molecule has 0 unspecified atom stereocenters. The zero-order chi connectivity index (χ0) is 19.7. The lowest BCUT2D eigenvalue weighted by Crippen LogP contribution is -2.01. The minimum absolute atomic E-state index is 0.536. The molecule has 7 nitrogen and oxygen atoms in total. The molecule has 4 rings (SSSR count). The summed E-state index contributed by atoms with van der Waals surface area (Å²) in [4.78, 5) is 9.51. The van der Waals surface area contributed by atoms with E-state index >= 15 is 0 Å². The highest BCUT2D eigenvalue weighted by molar-refractivity contribution is 5.94. The number of aryl methyl sites for hydroxylation is 2. The summed E-state index contributed by atoms with van der Waals surface area (Å²) in [5.74, 6) is 3.08. The number of nitrogens with zero attached hydrogens (tertiary/aromatic N) is 3. The van der Waals surface area contributed by atoms with Crippen molar-refractivity contribution in [3.8, 4) is 22.9 Å². The Kier molecular flexibility index (Phi) is 4.57. The third-order valence-corrected chi connectivity index (χ3v) is 4.49. The predicted molar refractivity (Wildman–Crippen MR) is 107 cm³/mol. The number of nitrogens with one attached hydrogen (secondary N) is 1. The van der Waals surface area contributed by atoms with Crippen LogP contribution in [0.5, 0.6) is 11.5 Å². The average molecular weight is 376 g/mol. The highest BCUT2D eigenvalue weighted by Crippen LogP contribution is 2.36. The summed E-state index contributed by atoms with van der Waals surface area (Å²) in [7, 11) is 3.20. The second-order valence-corrected chi connectivity index (χ2v) is 6.31. The molecule has 28 heavy (non-hydrogen) atoms. The Morgan fingerprint density at radius 3 is 2.29 bits per heavy atom. The van der Waals surface area contributed by atoms with Gasteiger partial charge >= 0.3 is 0 Å². The van der Waals surface area contributed by atoms with Crippen LogP contribution < -0.4 is 14.8 Å². The highest BCUT2D eigenvalue weighted by atomic mass is 16.5. The van der Waals surface area contributed by atoms with Crippen LogP contribution in [0.25, 0.3) is 22.3 Å². The van der Waals surface area contributed by atoms with Crippen LogP contribution in [0, 0.1) is 13.8 Å². The Labute approximate surface area is 162 Å². The lowest BCUT2D eigenvalue weighted by atomic mass is 10.1. The lowest BCUT2D eigenvalue weighted by Gasteiger charge is -2.14. The summed E-state index contributed by atoms with van der Waals surface area (Å²) in [5, 5.41) is 8.22. The number of rotatable bonds is 5. The van der Waals surface area contributed by atoms with Crippen molar-refractivity contribution in [3.63, 3.8) is 0 Å². The molecular weight excluding hydrogens is 356 g/mol. The monoisotopic (exact) mass is 376 g/mol. The van der Waals surface area contributed by atoms with E-state index in [9.17, 15) is 0 Å². The molecule has 0 aliphatic rings. The molecule has 0 fully saturated rings. The van der Waals surface area contributed by atoms with Crippen LogP contribution in [-0.4, -0.2) is 29.3 Å². The zero-order valence-corrected chi connectivity index (χ0v) is 16.1. The van der Waals surface area contributed by atoms with E-state index < -0.39 is 0 Å². The van der Waals surface area contributed by atoms with Crippen molar-refractivity contribution in [1.29, 1.82) is 0 Å². The van der Waals surface area contributed by atoms with Gasteiger partial charge < -0.3 is 19.3 Å². The number of aromatic nitrogens is 3. The SMILES string of the molecule is COc1cc2nc(-c3c(C)noc3C)nc(Nc3ccccc3)c2cc1OC. The Hall–Kier alpha value is -3.61. The van der Waals surface area contributed by atoms with Gasteiger partial charge in [-0.05, 0) is 32.0 Å². The Morgan fingerprint density at radius 1 is 0.929 bits per heavy atom. The van der Waals surface area contributed by atoms with E-state index in [1.54, 1.807) is 14.2 Å². The van der Waals surface area contributed by atoms with Crippen LogP contribution >= 0.6 is 0 Å². The minimum atomic E-state index is 0.536. The molecule has 0 saturated carbocycles. The summed E-state index contributed by atoms with van der Waals surface area (Å²) in [6.07, 6.45) is 0. The first-order chi connectivity index (χ1) is 13.6. The van der Waals surface area contributed by atoms with Crippen LogP contribution in [0.15, 0.2) is 47.0 Å². The van der Waals surface area contributed by atoms with Crippen LogP contribution in [0.2, 0.25) is 0 Å². The summed E-state index contributed by atoms with van der Waals surface area (Å²) in [5.41, 5.74) is 3.17. The smallest absolute Gasteiger partial charge is 0.167 e. The molecule has 0 aliphatic carbocycles. The maximum absolute atomic E-state index is 5.46. The quantitative estimate of drug-likeness (QED) is 0.542.